The van der Waals surface area contributed by atoms with Gasteiger partial charge < -0.3 is 29.5 Å². The van der Waals surface area contributed by atoms with E-state index in [0.29, 0.717) is 54.1 Å². The monoisotopic (exact) mass is 616 g/mol. The fraction of sp³-hybridized carbons (Fsp3) is 0.973. The van der Waals surface area contributed by atoms with E-state index in [-0.39, 0.29) is 29.6 Å². The third kappa shape index (κ3) is 4.55. The Morgan fingerprint density at radius 2 is 1.77 bits per heavy atom. The van der Waals surface area contributed by atoms with E-state index >= 15 is 0 Å². The van der Waals surface area contributed by atoms with E-state index < -0.39 is 0 Å². The van der Waals surface area contributed by atoms with Crippen molar-refractivity contribution in [1.82, 2.24) is 10.2 Å². The predicted molar refractivity (Wildman–Crippen MR) is 173 cm³/mol. The van der Waals surface area contributed by atoms with Crippen molar-refractivity contribution >= 4 is 5.91 Å². The minimum Gasteiger partial charge on any atom is -0.400 e. The maximum Gasteiger partial charge on any atom is 0.225 e. The average molecular weight is 617 g/mol. The lowest BCUT2D eigenvalue weighted by atomic mass is 9.46. The first-order chi connectivity index (χ1) is 20.9. The molecular weight excluding hydrogens is 552 g/mol. The van der Waals surface area contributed by atoms with Crippen LogP contribution in [0.5, 0.6) is 0 Å². The van der Waals surface area contributed by atoms with E-state index in [4.69, 9.17) is 19.3 Å². The molecule has 252 valence electrons. The van der Waals surface area contributed by atoms with Crippen LogP contribution in [0, 0.1) is 63.1 Å². The molecule has 0 aromatic carbocycles. The van der Waals surface area contributed by atoms with Gasteiger partial charge in [0.05, 0.1) is 31.5 Å². The van der Waals surface area contributed by atoms with Gasteiger partial charge in [-0.15, -0.1) is 0 Å². The molecule has 2 aliphatic heterocycles. The maximum atomic E-state index is 12.7. The summed E-state index contributed by atoms with van der Waals surface area (Å²) in [4.78, 5) is 14.7. The smallest absolute Gasteiger partial charge is 0.225 e. The fourth-order valence-electron chi connectivity index (χ4n) is 13.7. The number of carbonyl (C=O) groups is 1. The summed E-state index contributed by atoms with van der Waals surface area (Å²) in [5.41, 5.74) is 1.54. The first-order valence-electron chi connectivity index (χ1n) is 18.2. The van der Waals surface area contributed by atoms with Gasteiger partial charge in [-0.2, -0.15) is 0 Å². The number of hydrogen-bond donors (Lipinski definition) is 2. The summed E-state index contributed by atoms with van der Waals surface area (Å²) in [6.07, 6.45) is 11.2. The van der Waals surface area contributed by atoms with Crippen molar-refractivity contribution in [3.05, 3.63) is 0 Å². The number of amides is 1. The molecule has 5 unspecified atom stereocenters. The first-order valence-corrected chi connectivity index (χ1v) is 18.2. The van der Waals surface area contributed by atoms with Crippen LogP contribution in [0.3, 0.4) is 0 Å². The minimum atomic E-state index is -0.298. The van der Waals surface area contributed by atoms with Crippen LogP contribution < -0.4 is 5.32 Å². The summed E-state index contributed by atoms with van der Waals surface area (Å²) in [5.74, 6) is 4.92. The second-order valence-electron chi connectivity index (χ2n) is 17.2. The molecule has 7 rings (SSSR count). The van der Waals surface area contributed by atoms with Crippen molar-refractivity contribution in [2.45, 2.75) is 124 Å². The largest absolute Gasteiger partial charge is 0.400 e. The molecule has 7 heteroatoms. The van der Waals surface area contributed by atoms with Crippen LogP contribution in [0.1, 0.15) is 99.8 Å². The van der Waals surface area contributed by atoms with Crippen LogP contribution >= 0.6 is 0 Å². The molecule has 2 heterocycles. The van der Waals surface area contributed by atoms with Crippen molar-refractivity contribution in [1.29, 1.82) is 0 Å². The second-order valence-corrected chi connectivity index (χ2v) is 17.2. The predicted octanol–water partition coefficient (Wildman–Crippen LogP) is 5.74. The van der Waals surface area contributed by atoms with E-state index in [9.17, 15) is 4.79 Å². The fourth-order valence-corrected chi connectivity index (χ4v) is 13.7. The van der Waals surface area contributed by atoms with Crippen molar-refractivity contribution in [2.75, 3.05) is 40.4 Å². The molecule has 7 nitrogen and oxygen atoms in total. The van der Waals surface area contributed by atoms with Gasteiger partial charge in [0, 0.05) is 26.1 Å². The van der Waals surface area contributed by atoms with Crippen molar-refractivity contribution in [3.63, 3.8) is 0 Å². The highest BCUT2D eigenvalue weighted by atomic mass is 16.7. The summed E-state index contributed by atoms with van der Waals surface area (Å²) in [6, 6.07) is 0. The molecule has 5 aliphatic carbocycles. The Morgan fingerprint density at radius 3 is 2.48 bits per heavy atom. The van der Waals surface area contributed by atoms with Crippen LogP contribution in [0.15, 0.2) is 0 Å². The Hall–Kier alpha value is -0.730. The number of aliphatic hydroxyl groups excluding tert-OH is 1. The molecule has 0 aromatic rings. The number of hydrogen-bond acceptors (Lipinski definition) is 6. The van der Waals surface area contributed by atoms with E-state index in [1.165, 1.54) is 44.9 Å². The average Bonchev–Trinajstić information content (AvgIpc) is 3.36. The number of aliphatic hydroxyl groups is 1. The zero-order chi connectivity index (χ0) is 31.8. The highest BCUT2D eigenvalue weighted by molar-refractivity contribution is 5.78. The van der Waals surface area contributed by atoms with Crippen LogP contribution in [0.2, 0.25) is 0 Å². The molecule has 2 saturated heterocycles. The summed E-state index contributed by atoms with van der Waals surface area (Å²) in [7, 11) is 3.07. The summed E-state index contributed by atoms with van der Waals surface area (Å²) >= 11 is 0. The lowest BCUT2D eigenvalue weighted by Gasteiger charge is -2.60. The Morgan fingerprint density at radius 1 is 1.02 bits per heavy atom. The highest BCUT2D eigenvalue weighted by Gasteiger charge is 2.85. The first kappa shape index (κ1) is 33.2. The number of fused-ring (bicyclic) bond motifs is 4. The second kappa shape index (κ2) is 11.8. The van der Waals surface area contributed by atoms with Crippen LogP contribution in [-0.4, -0.2) is 80.9 Å². The van der Waals surface area contributed by atoms with Gasteiger partial charge in [-0.05, 0) is 116 Å². The standard InChI is InChI=1S/C36H60N2O4.CH4O/c1-21(2)32(39)38-15-16-40-30(20-38)42-29-11-12-36-23(4)35(36)14-13-34(7)26(25(35)9-10-28(36)33(29,5)6)18-27-31(34)22(3)17-24(41-27)19-37-8;1-2/h21-31,37H,9-20H2,1-8H3;2H,1H3/t22-,23?,24-,25+,26?,27-,28?,29+,30?,31?,34+,35+,36-;/m1./s1. The van der Waals surface area contributed by atoms with Crippen LogP contribution in [0.25, 0.3) is 0 Å². The number of carbonyl (C=O) groups excluding carboxylic acids is 1. The number of morpholine rings is 1. The molecule has 1 amide bonds. The van der Waals surface area contributed by atoms with E-state index in [1.807, 2.05) is 18.7 Å². The molecule has 2 spiro atoms. The zero-order valence-corrected chi connectivity index (χ0v) is 29.4. The molecule has 0 bridgehead atoms. The topological polar surface area (TPSA) is 80.3 Å². The van der Waals surface area contributed by atoms with Gasteiger partial charge >= 0.3 is 0 Å². The van der Waals surface area contributed by atoms with Crippen molar-refractivity contribution in [2.24, 2.45) is 63.1 Å². The minimum absolute atomic E-state index is 0.0168. The lowest BCUT2D eigenvalue weighted by molar-refractivity contribution is -0.245. The number of ether oxygens (including phenoxy) is 3. The molecule has 7 aliphatic rings. The van der Waals surface area contributed by atoms with Gasteiger partial charge in [-0.3, -0.25) is 4.79 Å². The number of nitrogens with zero attached hydrogens (tertiary/aromatic N) is 1. The molecule has 5 saturated carbocycles. The summed E-state index contributed by atoms with van der Waals surface area (Å²) in [5, 5.41) is 10.4. The van der Waals surface area contributed by atoms with E-state index in [2.05, 4.69) is 47.0 Å². The molecule has 44 heavy (non-hydrogen) atoms. The Labute approximate surface area is 267 Å². The number of rotatable bonds is 5. The number of nitrogens with one attached hydrogen (secondary N) is 1. The lowest BCUT2D eigenvalue weighted by Crippen LogP contribution is -2.56. The van der Waals surface area contributed by atoms with Crippen LogP contribution in [-0.2, 0) is 19.0 Å². The summed E-state index contributed by atoms with van der Waals surface area (Å²) < 4.78 is 19.8. The van der Waals surface area contributed by atoms with Gasteiger partial charge in [-0.1, -0.05) is 48.5 Å². The van der Waals surface area contributed by atoms with Gasteiger partial charge in [0.25, 0.3) is 0 Å². The molecule has 13 atom stereocenters. The molecule has 0 radical (unpaired) electrons. The van der Waals surface area contributed by atoms with Crippen molar-refractivity contribution < 1.29 is 24.1 Å². The highest BCUT2D eigenvalue weighted by Crippen LogP contribution is 2.89. The Bertz CT molecular complexity index is 1070. The SMILES string of the molecule is CNC[C@H]1C[C@@H](C)C2[C@@H](CC3[C@@H]4CCC5C(C)(C)[C@@H](OC6CN(C(=O)C(C)C)CCO6)CC[C@@]56C(C)[C@@]46CC[C@]23C)O1.CO. The van der Waals surface area contributed by atoms with E-state index in [0.717, 1.165) is 49.7 Å². The van der Waals surface area contributed by atoms with Gasteiger partial charge in [0.15, 0.2) is 6.29 Å². The molecule has 2 N–H and O–H groups in total. The van der Waals surface area contributed by atoms with Crippen LogP contribution in [0.4, 0.5) is 0 Å². The van der Waals surface area contributed by atoms with Gasteiger partial charge in [-0.25, -0.2) is 0 Å². The number of likely N-dealkylation sites (N-methyl/N-ethyl adjacent to an activating group) is 1. The third-order valence-electron chi connectivity index (χ3n) is 15.2. The summed E-state index contributed by atoms with van der Waals surface area (Å²) in [6.45, 7) is 19.7. The maximum absolute atomic E-state index is 12.7. The Balaban J connectivity index is 0.00000168. The molecular formula is C37H64N2O5. The normalized spacial score (nSPS) is 50.3. The molecule has 0 aromatic heterocycles. The van der Waals surface area contributed by atoms with Crippen molar-refractivity contribution in [3.8, 4) is 0 Å². The molecule has 7 fully saturated rings. The Kier molecular flexibility index (Phi) is 8.86. The van der Waals surface area contributed by atoms with Gasteiger partial charge in [0.2, 0.25) is 5.91 Å². The quantitative estimate of drug-likeness (QED) is 0.410. The zero-order valence-electron chi connectivity index (χ0n) is 29.4. The van der Waals surface area contributed by atoms with Gasteiger partial charge in [0.1, 0.15) is 0 Å². The third-order valence-corrected chi connectivity index (χ3v) is 15.2. The van der Waals surface area contributed by atoms with E-state index in [1.54, 1.807) is 0 Å².